The van der Waals surface area contributed by atoms with Crippen LogP contribution in [0.1, 0.15) is 30.9 Å². The molecule has 0 spiro atoms. The Balaban J connectivity index is 1.35. The van der Waals surface area contributed by atoms with Crippen molar-refractivity contribution in [2.75, 3.05) is 11.9 Å². The minimum absolute atomic E-state index is 0.0191. The molecule has 1 N–H and O–H groups in total. The molecule has 4 nitrogen and oxygen atoms in total. The van der Waals surface area contributed by atoms with Crippen molar-refractivity contribution in [3.63, 3.8) is 0 Å². The molecule has 1 aliphatic rings. The molecule has 1 amide bonds. The second-order valence-electron chi connectivity index (χ2n) is 7.93. The first kappa shape index (κ1) is 18.7. The Kier molecular flexibility index (Phi) is 4.91. The summed E-state index contributed by atoms with van der Waals surface area (Å²) in [6, 6.07) is 20.7. The fraction of sp³-hybridized carbons (Fsp3) is 0.269. The monoisotopic (exact) mass is 398 g/mol. The van der Waals surface area contributed by atoms with Crippen molar-refractivity contribution in [2.45, 2.75) is 39.2 Å². The first-order valence-electron chi connectivity index (χ1n) is 10.8. The van der Waals surface area contributed by atoms with Gasteiger partial charge in [0, 0.05) is 34.0 Å². The van der Waals surface area contributed by atoms with Gasteiger partial charge in [0.1, 0.15) is 5.75 Å². The molecule has 0 atom stereocenters. The summed E-state index contributed by atoms with van der Waals surface area (Å²) in [6.07, 6.45) is 4.55. The highest BCUT2D eigenvalue weighted by molar-refractivity contribution is 6.09. The van der Waals surface area contributed by atoms with Gasteiger partial charge in [-0.05, 0) is 74.1 Å². The number of benzene rings is 3. The lowest BCUT2D eigenvalue weighted by molar-refractivity contribution is -0.118. The molecule has 4 aromatic rings. The highest BCUT2D eigenvalue weighted by Gasteiger charge is 2.15. The van der Waals surface area contributed by atoms with Gasteiger partial charge in [-0.25, -0.2) is 0 Å². The van der Waals surface area contributed by atoms with Gasteiger partial charge in [0.25, 0.3) is 5.91 Å². The van der Waals surface area contributed by atoms with E-state index in [1.807, 2.05) is 18.2 Å². The van der Waals surface area contributed by atoms with E-state index in [2.05, 4.69) is 59.3 Å². The standard InChI is InChI=1S/C26H26N2O2/c1-2-28-23-12-6-5-11-21(23)22-16-19(14-15-24(22)28)27-26(29)17-30-25-13-7-9-18-8-3-4-10-20(18)25/h5-7,9,11-16H,2-4,8,10,17H2,1H3,(H,27,29). The normalized spacial score (nSPS) is 13.4. The van der Waals surface area contributed by atoms with Crippen molar-refractivity contribution in [1.29, 1.82) is 0 Å². The maximum absolute atomic E-state index is 12.6. The summed E-state index contributed by atoms with van der Waals surface area (Å²) in [5.41, 5.74) is 5.83. The van der Waals surface area contributed by atoms with Crippen LogP contribution in [0.15, 0.2) is 60.7 Å². The van der Waals surface area contributed by atoms with E-state index in [4.69, 9.17) is 4.74 Å². The van der Waals surface area contributed by atoms with Crippen LogP contribution in [-0.4, -0.2) is 17.1 Å². The molecule has 3 aromatic carbocycles. The minimum Gasteiger partial charge on any atom is -0.483 e. The summed E-state index contributed by atoms with van der Waals surface area (Å²) < 4.78 is 8.20. The van der Waals surface area contributed by atoms with E-state index in [0.717, 1.165) is 36.2 Å². The minimum atomic E-state index is -0.137. The molecule has 4 heteroatoms. The van der Waals surface area contributed by atoms with E-state index in [1.165, 1.54) is 40.4 Å². The van der Waals surface area contributed by atoms with Gasteiger partial charge in [-0.3, -0.25) is 4.79 Å². The molecule has 0 radical (unpaired) electrons. The van der Waals surface area contributed by atoms with Crippen LogP contribution < -0.4 is 10.1 Å². The molecule has 1 heterocycles. The largest absolute Gasteiger partial charge is 0.483 e. The topological polar surface area (TPSA) is 43.3 Å². The number of nitrogens with one attached hydrogen (secondary N) is 1. The van der Waals surface area contributed by atoms with Crippen molar-refractivity contribution >= 4 is 33.4 Å². The van der Waals surface area contributed by atoms with Gasteiger partial charge in [0.2, 0.25) is 0 Å². The Morgan fingerprint density at radius 2 is 1.80 bits per heavy atom. The number of anilines is 1. The average Bonchev–Trinajstić information content (AvgIpc) is 3.10. The Labute approximate surface area is 176 Å². The molecule has 1 aliphatic carbocycles. The average molecular weight is 399 g/mol. The number of hydrogen-bond acceptors (Lipinski definition) is 2. The molecule has 0 fully saturated rings. The second-order valence-corrected chi connectivity index (χ2v) is 7.93. The van der Waals surface area contributed by atoms with Crippen molar-refractivity contribution in [3.8, 4) is 5.75 Å². The van der Waals surface area contributed by atoms with Crippen molar-refractivity contribution in [3.05, 3.63) is 71.8 Å². The number of amides is 1. The zero-order valence-corrected chi connectivity index (χ0v) is 17.3. The number of ether oxygens (including phenoxy) is 1. The zero-order valence-electron chi connectivity index (χ0n) is 17.3. The van der Waals surface area contributed by atoms with Crippen LogP contribution in [0.4, 0.5) is 5.69 Å². The van der Waals surface area contributed by atoms with Crippen LogP contribution in [0.5, 0.6) is 5.75 Å². The molecule has 0 unspecified atom stereocenters. The van der Waals surface area contributed by atoms with Crippen LogP contribution in [0.3, 0.4) is 0 Å². The van der Waals surface area contributed by atoms with Crippen molar-refractivity contribution in [1.82, 2.24) is 4.57 Å². The third kappa shape index (κ3) is 3.32. The third-order valence-electron chi connectivity index (χ3n) is 6.08. The quantitative estimate of drug-likeness (QED) is 0.468. The molecule has 0 saturated carbocycles. The molecule has 5 rings (SSSR count). The fourth-order valence-corrected chi connectivity index (χ4v) is 4.69. The van der Waals surface area contributed by atoms with Crippen LogP contribution in [0.2, 0.25) is 0 Å². The molecule has 0 saturated heterocycles. The fourth-order valence-electron chi connectivity index (χ4n) is 4.69. The lowest BCUT2D eigenvalue weighted by atomic mass is 9.91. The van der Waals surface area contributed by atoms with Gasteiger partial charge in [-0.1, -0.05) is 30.3 Å². The Bertz CT molecular complexity index is 1240. The van der Waals surface area contributed by atoms with Crippen LogP contribution in [0.25, 0.3) is 21.8 Å². The highest BCUT2D eigenvalue weighted by atomic mass is 16.5. The van der Waals surface area contributed by atoms with E-state index < -0.39 is 0 Å². The first-order chi connectivity index (χ1) is 14.7. The second kappa shape index (κ2) is 7.86. The Hall–Kier alpha value is -3.27. The van der Waals surface area contributed by atoms with E-state index in [1.54, 1.807) is 0 Å². The summed E-state index contributed by atoms with van der Waals surface area (Å²) in [4.78, 5) is 12.6. The SMILES string of the molecule is CCn1c2ccccc2c2cc(NC(=O)COc3cccc4c3CCCC4)ccc21. The van der Waals surface area contributed by atoms with Crippen molar-refractivity contribution in [2.24, 2.45) is 0 Å². The Morgan fingerprint density at radius 1 is 0.967 bits per heavy atom. The third-order valence-corrected chi connectivity index (χ3v) is 6.08. The summed E-state index contributed by atoms with van der Waals surface area (Å²) in [6.45, 7) is 3.08. The van der Waals surface area contributed by atoms with Crippen LogP contribution in [0, 0.1) is 0 Å². The van der Waals surface area contributed by atoms with Gasteiger partial charge in [0.15, 0.2) is 6.61 Å². The summed E-state index contributed by atoms with van der Waals surface area (Å²) >= 11 is 0. The van der Waals surface area contributed by atoms with Gasteiger partial charge < -0.3 is 14.6 Å². The Morgan fingerprint density at radius 3 is 2.70 bits per heavy atom. The number of fused-ring (bicyclic) bond motifs is 4. The number of hydrogen-bond donors (Lipinski definition) is 1. The molecule has 0 aliphatic heterocycles. The number of carbonyl (C=O) groups is 1. The van der Waals surface area contributed by atoms with Gasteiger partial charge >= 0.3 is 0 Å². The predicted octanol–water partition coefficient (Wildman–Crippen LogP) is 5.71. The van der Waals surface area contributed by atoms with E-state index in [0.29, 0.717) is 0 Å². The van der Waals surface area contributed by atoms with Gasteiger partial charge in [-0.15, -0.1) is 0 Å². The number of para-hydroxylation sites is 1. The molecular weight excluding hydrogens is 372 g/mol. The maximum Gasteiger partial charge on any atom is 0.262 e. The smallest absolute Gasteiger partial charge is 0.262 e. The predicted molar refractivity (Wildman–Crippen MR) is 122 cm³/mol. The van der Waals surface area contributed by atoms with Gasteiger partial charge in [-0.2, -0.15) is 0 Å². The maximum atomic E-state index is 12.6. The number of carbonyl (C=O) groups excluding carboxylic acids is 1. The lowest BCUT2D eigenvalue weighted by Gasteiger charge is -2.19. The van der Waals surface area contributed by atoms with Crippen LogP contribution in [-0.2, 0) is 24.2 Å². The first-order valence-corrected chi connectivity index (χ1v) is 10.8. The number of rotatable bonds is 5. The summed E-state index contributed by atoms with van der Waals surface area (Å²) in [5.74, 6) is 0.714. The zero-order chi connectivity index (χ0) is 20.5. The molecular formula is C26H26N2O2. The summed E-state index contributed by atoms with van der Waals surface area (Å²) in [5, 5.41) is 5.37. The molecule has 152 valence electrons. The molecule has 30 heavy (non-hydrogen) atoms. The van der Waals surface area contributed by atoms with Gasteiger partial charge in [0.05, 0.1) is 0 Å². The highest BCUT2D eigenvalue weighted by Crippen LogP contribution is 2.31. The van der Waals surface area contributed by atoms with E-state index in [-0.39, 0.29) is 12.5 Å². The van der Waals surface area contributed by atoms with Crippen LogP contribution >= 0.6 is 0 Å². The number of aryl methyl sites for hydroxylation is 2. The number of aromatic nitrogens is 1. The summed E-state index contributed by atoms with van der Waals surface area (Å²) in [7, 11) is 0. The number of nitrogens with zero attached hydrogens (tertiary/aromatic N) is 1. The lowest BCUT2D eigenvalue weighted by Crippen LogP contribution is -2.21. The van der Waals surface area contributed by atoms with E-state index in [9.17, 15) is 4.79 Å². The molecule has 1 aromatic heterocycles. The molecule has 0 bridgehead atoms. The van der Waals surface area contributed by atoms with E-state index >= 15 is 0 Å². The van der Waals surface area contributed by atoms with Crippen molar-refractivity contribution < 1.29 is 9.53 Å².